The van der Waals surface area contributed by atoms with Gasteiger partial charge in [0.05, 0.1) is 13.0 Å². The van der Waals surface area contributed by atoms with E-state index in [4.69, 9.17) is 4.74 Å². The van der Waals surface area contributed by atoms with Crippen molar-refractivity contribution in [1.82, 2.24) is 4.57 Å². The molecular formula is C21H21NO3. The molecule has 0 aliphatic heterocycles. The van der Waals surface area contributed by atoms with Crippen LogP contribution in [0.1, 0.15) is 27.5 Å². The molecule has 1 aromatic heterocycles. The quantitative estimate of drug-likeness (QED) is 0.702. The molecule has 0 amide bonds. The number of benzene rings is 2. The Balaban J connectivity index is 2.01. The SMILES string of the molecule is COc1ccc([C@H](c2cccn2C)[C@H](O)C(=O)c2ccccc2)cc1. The lowest BCUT2D eigenvalue weighted by molar-refractivity contribution is 0.0711. The van der Waals surface area contributed by atoms with E-state index in [9.17, 15) is 9.90 Å². The normalized spacial score (nSPS) is 13.2. The highest BCUT2D eigenvalue weighted by atomic mass is 16.5. The number of hydrogen-bond acceptors (Lipinski definition) is 3. The van der Waals surface area contributed by atoms with Gasteiger partial charge in [0.25, 0.3) is 0 Å². The zero-order valence-corrected chi connectivity index (χ0v) is 14.3. The van der Waals surface area contributed by atoms with Crippen molar-refractivity contribution in [2.45, 2.75) is 12.0 Å². The summed E-state index contributed by atoms with van der Waals surface area (Å²) in [5, 5.41) is 10.9. The number of aliphatic hydroxyl groups is 1. The molecule has 0 bridgehead atoms. The molecule has 0 spiro atoms. The van der Waals surface area contributed by atoms with Gasteiger partial charge in [-0.1, -0.05) is 42.5 Å². The topological polar surface area (TPSA) is 51.5 Å². The fourth-order valence-corrected chi connectivity index (χ4v) is 3.05. The molecule has 2 atom stereocenters. The van der Waals surface area contributed by atoms with Crippen LogP contribution in [0.3, 0.4) is 0 Å². The first-order valence-electron chi connectivity index (χ1n) is 8.14. The van der Waals surface area contributed by atoms with Crippen LogP contribution in [0.25, 0.3) is 0 Å². The number of carbonyl (C=O) groups excluding carboxylic acids is 1. The first-order valence-corrected chi connectivity index (χ1v) is 8.14. The Morgan fingerprint density at radius 3 is 2.24 bits per heavy atom. The van der Waals surface area contributed by atoms with E-state index in [-0.39, 0.29) is 5.78 Å². The molecule has 2 aromatic carbocycles. The van der Waals surface area contributed by atoms with Gasteiger partial charge in [0.2, 0.25) is 0 Å². The summed E-state index contributed by atoms with van der Waals surface area (Å²) in [4.78, 5) is 12.8. The summed E-state index contributed by atoms with van der Waals surface area (Å²) >= 11 is 0. The van der Waals surface area contributed by atoms with Gasteiger partial charge in [-0.05, 0) is 29.8 Å². The molecule has 3 rings (SSSR count). The predicted molar refractivity (Wildman–Crippen MR) is 97.0 cm³/mol. The van der Waals surface area contributed by atoms with Crippen molar-refractivity contribution in [1.29, 1.82) is 0 Å². The highest BCUT2D eigenvalue weighted by Crippen LogP contribution is 2.31. The van der Waals surface area contributed by atoms with Gasteiger partial charge in [0, 0.05) is 24.5 Å². The van der Waals surface area contributed by atoms with Crippen LogP contribution in [-0.2, 0) is 7.05 Å². The maximum Gasteiger partial charge on any atom is 0.192 e. The Labute approximate surface area is 147 Å². The number of ether oxygens (including phenoxy) is 1. The Bertz CT molecular complexity index is 837. The zero-order valence-electron chi connectivity index (χ0n) is 14.3. The van der Waals surface area contributed by atoms with E-state index in [0.717, 1.165) is 17.0 Å². The van der Waals surface area contributed by atoms with Crippen molar-refractivity contribution in [2.75, 3.05) is 7.11 Å². The molecule has 25 heavy (non-hydrogen) atoms. The van der Waals surface area contributed by atoms with Crippen LogP contribution in [0.5, 0.6) is 5.75 Å². The van der Waals surface area contributed by atoms with Gasteiger partial charge < -0.3 is 14.4 Å². The van der Waals surface area contributed by atoms with Crippen LogP contribution in [0.15, 0.2) is 72.9 Å². The lowest BCUT2D eigenvalue weighted by Crippen LogP contribution is -2.30. The molecule has 128 valence electrons. The number of ketones is 1. The predicted octanol–water partition coefficient (Wildman–Crippen LogP) is 3.41. The Hall–Kier alpha value is -2.85. The van der Waals surface area contributed by atoms with Crippen molar-refractivity contribution in [3.63, 3.8) is 0 Å². The number of Topliss-reactive ketones (excluding diaryl/α,β-unsaturated/α-hetero) is 1. The highest BCUT2D eigenvalue weighted by molar-refractivity contribution is 6.00. The molecule has 0 fully saturated rings. The van der Waals surface area contributed by atoms with E-state index in [1.807, 2.05) is 60.3 Å². The summed E-state index contributed by atoms with van der Waals surface area (Å²) in [6.07, 6.45) is 0.732. The fraction of sp³-hybridized carbons (Fsp3) is 0.190. The summed E-state index contributed by atoms with van der Waals surface area (Å²) in [6.45, 7) is 0. The second-order valence-electron chi connectivity index (χ2n) is 5.97. The first kappa shape index (κ1) is 17.0. The number of rotatable bonds is 6. The summed E-state index contributed by atoms with van der Waals surface area (Å²) in [5.41, 5.74) is 2.24. The van der Waals surface area contributed by atoms with Crippen LogP contribution in [-0.4, -0.2) is 28.7 Å². The third kappa shape index (κ3) is 3.49. The summed E-state index contributed by atoms with van der Waals surface area (Å²) < 4.78 is 7.13. The number of hydrogen-bond donors (Lipinski definition) is 1. The van der Waals surface area contributed by atoms with E-state index in [2.05, 4.69) is 0 Å². The van der Waals surface area contributed by atoms with E-state index in [1.165, 1.54) is 0 Å². The Morgan fingerprint density at radius 2 is 1.68 bits per heavy atom. The monoisotopic (exact) mass is 335 g/mol. The van der Waals surface area contributed by atoms with Gasteiger partial charge in [-0.15, -0.1) is 0 Å². The lowest BCUT2D eigenvalue weighted by atomic mass is 9.86. The second kappa shape index (κ2) is 7.36. The molecule has 4 nitrogen and oxygen atoms in total. The van der Waals surface area contributed by atoms with Crippen LogP contribution in [0, 0.1) is 0 Å². The molecule has 0 radical (unpaired) electrons. The Kier molecular flexibility index (Phi) is 5.00. The van der Waals surface area contributed by atoms with Gasteiger partial charge >= 0.3 is 0 Å². The molecule has 1 N–H and O–H groups in total. The van der Waals surface area contributed by atoms with E-state index < -0.39 is 12.0 Å². The zero-order chi connectivity index (χ0) is 17.8. The van der Waals surface area contributed by atoms with Crippen molar-refractivity contribution in [3.05, 3.63) is 89.7 Å². The number of methoxy groups -OCH3 is 1. The molecule has 4 heteroatoms. The van der Waals surface area contributed by atoms with E-state index >= 15 is 0 Å². The highest BCUT2D eigenvalue weighted by Gasteiger charge is 2.31. The maximum absolute atomic E-state index is 12.8. The van der Waals surface area contributed by atoms with Crippen LogP contribution >= 0.6 is 0 Å². The Morgan fingerprint density at radius 1 is 1.00 bits per heavy atom. The van der Waals surface area contributed by atoms with E-state index in [0.29, 0.717) is 5.56 Å². The standard InChI is InChI=1S/C21H21NO3/c1-22-14-6-9-18(22)19(15-10-12-17(25-2)13-11-15)21(24)20(23)16-7-4-3-5-8-16/h3-14,19,21,24H,1-2H3/t19-,21+/m1/s1. The fourth-order valence-electron chi connectivity index (χ4n) is 3.05. The van der Waals surface area contributed by atoms with Gasteiger partial charge in [-0.3, -0.25) is 4.79 Å². The number of aryl methyl sites for hydroxylation is 1. The minimum Gasteiger partial charge on any atom is -0.497 e. The number of nitrogens with zero attached hydrogens (tertiary/aromatic N) is 1. The number of aliphatic hydroxyl groups excluding tert-OH is 1. The largest absolute Gasteiger partial charge is 0.497 e. The first-order chi connectivity index (χ1) is 12.1. The van der Waals surface area contributed by atoms with E-state index in [1.54, 1.807) is 31.4 Å². The summed E-state index contributed by atoms with van der Waals surface area (Å²) in [5.74, 6) is -0.0144. The summed E-state index contributed by atoms with van der Waals surface area (Å²) in [7, 11) is 3.52. The third-order valence-electron chi connectivity index (χ3n) is 4.42. The average molecular weight is 335 g/mol. The number of carbonyl (C=O) groups is 1. The minimum atomic E-state index is -1.18. The van der Waals surface area contributed by atoms with Crippen molar-refractivity contribution < 1.29 is 14.6 Å². The lowest BCUT2D eigenvalue weighted by Gasteiger charge is -2.24. The van der Waals surface area contributed by atoms with Crippen LogP contribution in [0.4, 0.5) is 0 Å². The van der Waals surface area contributed by atoms with Gasteiger partial charge in [0.1, 0.15) is 11.9 Å². The molecular weight excluding hydrogens is 314 g/mol. The third-order valence-corrected chi connectivity index (χ3v) is 4.42. The maximum atomic E-state index is 12.8. The molecule has 1 heterocycles. The molecule has 0 saturated carbocycles. The second-order valence-corrected chi connectivity index (χ2v) is 5.97. The smallest absolute Gasteiger partial charge is 0.192 e. The molecule has 0 unspecified atom stereocenters. The van der Waals surface area contributed by atoms with Crippen molar-refractivity contribution in [3.8, 4) is 5.75 Å². The van der Waals surface area contributed by atoms with Gasteiger partial charge in [-0.25, -0.2) is 0 Å². The average Bonchev–Trinajstić information content (AvgIpc) is 3.08. The van der Waals surface area contributed by atoms with Crippen molar-refractivity contribution in [2.24, 2.45) is 7.05 Å². The molecule has 0 saturated heterocycles. The van der Waals surface area contributed by atoms with Crippen LogP contribution < -0.4 is 4.74 Å². The molecule has 0 aliphatic rings. The minimum absolute atomic E-state index is 0.289. The van der Waals surface area contributed by atoms with Gasteiger partial charge in [0.15, 0.2) is 5.78 Å². The van der Waals surface area contributed by atoms with Crippen LogP contribution in [0.2, 0.25) is 0 Å². The molecule has 3 aromatic rings. The van der Waals surface area contributed by atoms with Gasteiger partial charge in [-0.2, -0.15) is 0 Å². The molecule has 0 aliphatic carbocycles. The summed E-state index contributed by atoms with van der Waals surface area (Å²) in [6, 6.07) is 20.2. The van der Waals surface area contributed by atoms with Crippen molar-refractivity contribution >= 4 is 5.78 Å². The number of aromatic nitrogens is 1.